The van der Waals surface area contributed by atoms with Crippen molar-refractivity contribution in [3.63, 3.8) is 0 Å². The molecule has 4 rings (SSSR count). The molecule has 14 nitrogen and oxygen atoms in total. The Bertz CT molecular complexity index is 1200. The smallest absolute Gasteiger partial charge is 0.435 e. The second-order valence-electron chi connectivity index (χ2n) is 8.27. The summed E-state index contributed by atoms with van der Waals surface area (Å²) in [5.41, 5.74) is 5.67. The molecule has 3 aliphatic rings. The number of hydrogen-bond donors (Lipinski definition) is 2. The fourth-order valence-electron chi connectivity index (χ4n) is 3.72. The summed E-state index contributed by atoms with van der Waals surface area (Å²) in [5.74, 6) is -1.90. The number of fused-ring (bicyclic) bond motifs is 1. The number of aromatic nitrogens is 2. The summed E-state index contributed by atoms with van der Waals surface area (Å²) in [5, 5.41) is 5.92. The van der Waals surface area contributed by atoms with Crippen LogP contribution in [-0.4, -0.2) is 79.6 Å². The molecule has 1 saturated heterocycles. The Kier molecular flexibility index (Phi) is 8.51. The minimum absolute atomic E-state index is 0.00986. The summed E-state index contributed by atoms with van der Waals surface area (Å²) in [4.78, 5) is 60.8. The van der Waals surface area contributed by atoms with Crippen molar-refractivity contribution in [2.24, 2.45) is 5.16 Å². The predicted octanol–water partition coefficient (Wildman–Crippen LogP) is 1.29. The number of hydrogen-bond acceptors (Lipinski definition) is 14. The van der Waals surface area contributed by atoms with Crippen molar-refractivity contribution in [3.05, 3.63) is 29.7 Å². The van der Waals surface area contributed by atoms with E-state index in [0.717, 1.165) is 24.4 Å². The highest BCUT2D eigenvalue weighted by Crippen LogP contribution is 2.40. The number of nitrogen functional groups attached to an aromatic ring is 1. The van der Waals surface area contributed by atoms with E-state index in [9.17, 15) is 19.2 Å². The molecule has 3 heterocycles. The van der Waals surface area contributed by atoms with E-state index in [4.69, 9.17) is 20.0 Å². The van der Waals surface area contributed by atoms with Crippen LogP contribution < -0.4 is 11.1 Å². The minimum atomic E-state index is -1.19. The Labute approximate surface area is 225 Å². The van der Waals surface area contributed by atoms with Gasteiger partial charge in [-0.2, -0.15) is 9.36 Å². The van der Waals surface area contributed by atoms with Crippen molar-refractivity contribution < 1.29 is 38.2 Å². The summed E-state index contributed by atoms with van der Waals surface area (Å²) in [6, 6.07) is -0.887. The molecule has 4 unspecified atom stereocenters. The van der Waals surface area contributed by atoms with Gasteiger partial charge in [0.25, 0.3) is 11.8 Å². The number of nitrogens with one attached hydrogen (secondary N) is 1. The summed E-state index contributed by atoms with van der Waals surface area (Å²) in [6.45, 7) is 4.85. The SMILES string of the molecule is CCOC(=O)OC(C)OC(=O)C1=CN2C(=O)C(NC(=O)C(=NOC3C=CCC3)c3nsc(N)n3)[C@H]2SC1C. The average Bonchev–Trinajstić information content (AvgIpc) is 3.54. The molecular formula is C22H26N6O8S2. The number of β-lactam (4-membered cyclic amide) rings is 1. The molecule has 3 N–H and O–H groups in total. The first-order valence-electron chi connectivity index (χ1n) is 11.7. The molecule has 0 bridgehead atoms. The second kappa shape index (κ2) is 11.8. The van der Waals surface area contributed by atoms with Crippen LogP contribution in [0.3, 0.4) is 0 Å². The van der Waals surface area contributed by atoms with Crippen LogP contribution in [-0.2, 0) is 33.4 Å². The topological polar surface area (TPSA) is 185 Å². The molecule has 0 saturated carbocycles. The highest BCUT2D eigenvalue weighted by atomic mass is 32.2. The van der Waals surface area contributed by atoms with Gasteiger partial charge in [0.1, 0.15) is 17.5 Å². The van der Waals surface area contributed by atoms with Crippen molar-refractivity contribution in [3.8, 4) is 0 Å². The number of anilines is 1. The Morgan fingerprint density at radius 2 is 2.13 bits per heavy atom. The fourth-order valence-corrected chi connectivity index (χ4v) is 5.52. The summed E-state index contributed by atoms with van der Waals surface area (Å²) < 4.78 is 18.7. The summed E-state index contributed by atoms with van der Waals surface area (Å²) in [6.07, 6.45) is 4.30. The fraction of sp³-hybridized carbons (Fsp3) is 0.500. The summed E-state index contributed by atoms with van der Waals surface area (Å²) in [7, 11) is 0. The molecule has 1 aromatic rings. The van der Waals surface area contributed by atoms with E-state index in [0.29, 0.717) is 0 Å². The normalized spacial score (nSPS) is 25.0. The lowest BCUT2D eigenvalue weighted by atomic mass is 10.1. The van der Waals surface area contributed by atoms with E-state index in [-0.39, 0.29) is 35.0 Å². The van der Waals surface area contributed by atoms with Crippen molar-refractivity contribution in [1.82, 2.24) is 19.6 Å². The third-order valence-electron chi connectivity index (χ3n) is 5.58. The third kappa shape index (κ3) is 6.07. The van der Waals surface area contributed by atoms with Gasteiger partial charge in [-0.25, -0.2) is 9.59 Å². The number of carbonyl (C=O) groups is 4. The van der Waals surface area contributed by atoms with Crippen LogP contribution in [0.15, 0.2) is 29.1 Å². The number of thioether (sulfide) groups is 1. The molecule has 5 atom stereocenters. The zero-order valence-electron chi connectivity index (χ0n) is 20.7. The lowest BCUT2D eigenvalue weighted by molar-refractivity contribution is -0.163. The van der Waals surface area contributed by atoms with E-state index in [2.05, 4.69) is 24.6 Å². The van der Waals surface area contributed by atoms with Crippen LogP contribution in [0.4, 0.5) is 9.93 Å². The molecule has 1 aromatic heterocycles. The largest absolute Gasteiger partial charge is 0.511 e. The maximum atomic E-state index is 13.1. The number of allylic oxidation sites excluding steroid dienone is 1. The summed E-state index contributed by atoms with van der Waals surface area (Å²) >= 11 is 2.18. The van der Waals surface area contributed by atoms with E-state index < -0.39 is 46.9 Å². The molecule has 0 spiro atoms. The molecular weight excluding hydrogens is 540 g/mol. The van der Waals surface area contributed by atoms with Crippen LogP contribution in [0.2, 0.25) is 0 Å². The molecule has 0 radical (unpaired) electrons. The highest BCUT2D eigenvalue weighted by molar-refractivity contribution is 8.00. The van der Waals surface area contributed by atoms with Crippen LogP contribution >= 0.6 is 23.3 Å². The van der Waals surface area contributed by atoms with Crippen molar-refractivity contribution in [1.29, 1.82) is 0 Å². The van der Waals surface area contributed by atoms with Crippen LogP contribution in [0, 0.1) is 0 Å². The minimum Gasteiger partial charge on any atom is -0.435 e. The zero-order valence-corrected chi connectivity index (χ0v) is 22.3. The van der Waals surface area contributed by atoms with E-state index in [1.54, 1.807) is 13.8 Å². The van der Waals surface area contributed by atoms with Gasteiger partial charge in [0.15, 0.2) is 5.13 Å². The Morgan fingerprint density at radius 1 is 1.34 bits per heavy atom. The first-order chi connectivity index (χ1) is 18.2. The number of amides is 2. The van der Waals surface area contributed by atoms with Gasteiger partial charge in [0, 0.05) is 29.9 Å². The van der Waals surface area contributed by atoms with Gasteiger partial charge in [-0.15, -0.1) is 11.8 Å². The lowest BCUT2D eigenvalue weighted by Gasteiger charge is -2.48. The van der Waals surface area contributed by atoms with Gasteiger partial charge < -0.3 is 35.0 Å². The number of nitrogens with two attached hydrogens (primary N) is 1. The Morgan fingerprint density at radius 3 is 2.79 bits per heavy atom. The maximum absolute atomic E-state index is 13.1. The first-order valence-corrected chi connectivity index (χ1v) is 13.4. The van der Waals surface area contributed by atoms with Gasteiger partial charge in [-0.1, -0.05) is 11.2 Å². The predicted molar refractivity (Wildman–Crippen MR) is 135 cm³/mol. The van der Waals surface area contributed by atoms with Crippen LogP contribution in [0.25, 0.3) is 0 Å². The molecule has 1 fully saturated rings. The number of ether oxygens (including phenoxy) is 3. The number of carbonyl (C=O) groups excluding carboxylic acids is 4. The van der Waals surface area contributed by atoms with Gasteiger partial charge in [-0.05, 0) is 32.8 Å². The van der Waals surface area contributed by atoms with E-state index in [1.165, 1.54) is 29.8 Å². The van der Waals surface area contributed by atoms with Gasteiger partial charge in [-0.3, -0.25) is 9.59 Å². The van der Waals surface area contributed by atoms with Gasteiger partial charge in [0.2, 0.25) is 17.8 Å². The van der Waals surface area contributed by atoms with Gasteiger partial charge >= 0.3 is 12.1 Å². The quantitative estimate of drug-likeness (QED) is 0.109. The average molecular weight is 567 g/mol. The zero-order chi connectivity index (χ0) is 27.4. The Balaban J connectivity index is 1.41. The molecule has 0 aromatic carbocycles. The molecule has 2 aliphatic heterocycles. The number of esters is 1. The highest BCUT2D eigenvalue weighted by Gasteiger charge is 2.52. The molecule has 1 aliphatic carbocycles. The van der Waals surface area contributed by atoms with Crippen LogP contribution in [0.5, 0.6) is 0 Å². The standard InChI is InChI=1S/C22H26N6O8S2/c1-4-33-22(32)35-11(3)34-20(31)13-9-28-18(30)15(19(28)37-10(13)2)24-17(29)14(16-25-21(23)38-27-16)26-36-12-7-5-6-8-12/h5,7,9-12,15,19H,4,6,8H2,1-3H3,(H,24,29)(H2,23,25,27)/t10?,11?,12?,15?,19-/m1/s1. The first kappa shape index (κ1) is 27.4. The second-order valence-corrected chi connectivity index (χ2v) is 10.5. The number of oxime groups is 1. The maximum Gasteiger partial charge on any atom is 0.511 e. The molecule has 16 heteroatoms. The monoisotopic (exact) mass is 566 g/mol. The van der Waals surface area contributed by atoms with Gasteiger partial charge in [0.05, 0.1) is 12.2 Å². The van der Waals surface area contributed by atoms with Crippen molar-refractivity contribution in [2.75, 3.05) is 12.3 Å². The lowest BCUT2D eigenvalue weighted by Crippen LogP contribution is -2.69. The van der Waals surface area contributed by atoms with Crippen LogP contribution in [0.1, 0.15) is 39.4 Å². The van der Waals surface area contributed by atoms with Crippen molar-refractivity contribution in [2.45, 2.75) is 62.7 Å². The Hall–Kier alpha value is -3.66. The third-order valence-corrected chi connectivity index (χ3v) is 7.56. The molecule has 2 amide bonds. The molecule has 38 heavy (non-hydrogen) atoms. The number of rotatable bonds is 9. The van der Waals surface area contributed by atoms with E-state index >= 15 is 0 Å². The molecule has 204 valence electrons. The number of nitrogens with zero attached hydrogens (tertiary/aromatic N) is 4. The van der Waals surface area contributed by atoms with Crippen molar-refractivity contribution >= 4 is 58.1 Å². The van der Waals surface area contributed by atoms with E-state index in [1.807, 2.05) is 12.2 Å².